The molecule has 0 saturated carbocycles. The lowest BCUT2D eigenvalue weighted by molar-refractivity contribution is 0.594. The second kappa shape index (κ2) is 11.0. The first-order valence-corrected chi connectivity index (χ1v) is 17.0. The zero-order valence-electron chi connectivity index (χ0n) is 24.4. The van der Waals surface area contributed by atoms with Crippen LogP contribution in [-0.4, -0.2) is 26.8 Å². The number of sulfone groups is 2. The van der Waals surface area contributed by atoms with Crippen LogP contribution in [0, 0.1) is 45.3 Å². The van der Waals surface area contributed by atoms with Crippen molar-refractivity contribution < 1.29 is 16.8 Å². The van der Waals surface area contributed by atoms with Gasteiger partial charge in [-0.15, -0.1) is 0 Å². The summed E-state index contributed by atoms with van der Waals surface area (Å²) in [7, 11) is -7.96. The van der Waals surface area contributed by atoms with E-state index in [1.54, 1.807) is 36.4 Å². The van der Waals surface area contributed by atoms with Crippen LogP contribution in [0.25, 0.3) is 33.7 Å². The molecule has 2 aliphatic carbocycles. The highest BCUT2D eigenvalue weighted by molar-refractivity contribution is 7.91. The van der Waals surface area contributed by atoms with Crippen molar-refractivity contribution >= 4 is 30.8 Å². The molecule has 2 aliphatic rings. The maximum Gasteiger partial charge on any atom is 0.206 e. The summed E-state index contributed by atoms with van der Waals surface area (Å²) < 4.78 is 54.0. The summed E-state index contributed by atoms with van der Waals surface area (Å²) in [5, 5.41) is 39.8. The van der Waals surface area contributed by atoms with Gasteiger partial charge in [-0.05, 0) is 59.7 Å². The molecule has 7 rings (SSSR count). The molecule has 0 aliphatic heterocycles. The zero-order chi connectivity index (χ0) is 33.8. The zero-order valence-corrected chi connectivity index (χ0v) is 26.0. The molecule has 0 amide bonds. The lowest BCUT2D eigenvalue weighted by Gasteiger charge is -2.08. The maximum atomic E-state index is 13.5. The Bertz CT molecular complexity index is 2510. The van der Waals surface area contributed by atoms with Crippen LogP contribution in [-0.2, 0) is 19.7 Å². The van der Waals surface area contributed by atoms with E-state index in [4.69, 9.17) is 9.97 Å². The van der Waals surface area contributed by atoms with Gasteiger partial charge in [0.2, 0.25) is 19.7 Å². The third-order valence-electron chi connectivity index (χ3n) is 8.08. The highest BCUT2D eigenvalue weighted by atomic mass is 32.2. The van der Waals surface area contributed by atoms with Gasteiger partial charge in [0.1, 0.15) is 46.8 Å². The summed E-state index contributed by atoms with van der Waals surface area (Å²) in [5.74, 6) is 0. The standard InChI is InChI=1S/C36H16N6O4S2/c37-17-21(18-38)31-29-15-25(47(43,44)23-7-3-1-4-8-23)11-13-27(29)33-35(31)42-36-32(22(19-39)20-40)30-16-26(12-14-28(30)34(36)41-33)48(45,46)24-9-5-2-6-10-24/h1-16H. The minimum atomic E-state index is -3.98. The Hall–Kier alpha value is -6.70. The Morgan fingerprint density at radius 3 is 1.15 bits per heavy atom. The maximum absolute atomic E-state index is 13.5. The van der Waals surface area contributed by atoms with Crippen LogP contribution < -0.4 is 0 Å². The van der Waals surface area contributed by atoms with Crippen molar-refractivity contribution in [3.8, 4) is 46.8 Å². The van der Waals surface area contributed by atoms with Gasteiger partial charge in [0.15, 0.2) is 0 Å². The fourth-order valence-corrected chi connectivity index (χ4v) is 8.49. The smallest absolute Gasteiger partial charge is 0.206 e. The molecule has 1 heterocycles. The van der Waals surface area contributed by atoms with Crippen molar-refractivity contribution in [1.82, 2.24) is 9.97 Å². The summed E-state index contributed by atoms with van der Waals surface area (Å²) >= 11 is 0. The molecule has 12 heteroatoms. The summed E-state index contributed by atoms with van der Waals surface area (Å²) in [6.07, 6.45) is 0. The van der Waals surface area contributed by atoms with E-state index >= 15 is 0 Å². The molecule has 5 aromatic rings. The number of allylic oxidation sites excluding steroid dienone is 2. The normalized spacial score (nSPS) is 12.3. The Morgan fingerprint density at radius 2 is 0.792 bits per heavy atom. The fraction of sp³-hybridized carbons (Fsp3) is 0. The second-order valence-electron chi connectivity index (χ2n) is 10.6. The highest BCUT2D eigenvalue weighted by Gasteiger charge is 2.38. The van der Waals surface area contributed by atoms with E-state index in [1.165, 1.54) is 60.7 Å². The molecule has 0 spiro atoms. The highest BCUT2D eigenvalue weighted by Crippen LogP contribution is 2.51. The topological polar surface area (TPSA) is 189 Å². The largest absolute Gasteiger partial charge is 0.243 e. The molecular formula is C36H16N6O4S2. The van der Waals surface area contributed by atoms with Gasteiger partial charge in [-0.3, -0.25) is 0 Å². The van der Waals surface area contributed by atoms with E-state index in [0.717, 1.165) is 0 Å². The number of nitrogens with zero attached hydrogens (tertiary/aromatic N) is 6. The van der Waals surface area contributed by atoms with Crippen molar-refractivity contribution in [1.29, 1.82) is 21.0 Å². The monoisotopic (exact) mass is 660 g/mol. The molecule has 0 N–H and O–H groups in total. The molecule has 226 valence electrons. The Labute approximate surface area is 274 Å². The predicted octanol–water partition coefficient (Wildman–Crippen LogP) is 5.80. The number of fused-ring (bicyclic) bond motifs is 6. The Morgan fingerprint density at radius 1 is 0.438 bits per heavy atom. The van der Waals surface area contributed by atoms with E-state index in [-0.39, 0.29) is 75.8 Å². The van der Waals surface area contributed by atoms with Gasteiger partial charge in [0.05, 0.1) is 31.0 Å². The minimum Gasteiger partial charge on any atom is -0.243 e. The third-order valence-corrected chi connectivity index (χ3v) is 11.6. The Kier molecular flexibility index (Phi) is 6.86. The summed E-state index contributed by atoms with van der Waals surface area (Å²) in [5.41, 5.74) is 1.35. The van der Waals surface area contributed by atoms with Crippen molar-refractivity contribution in [3.05, 3.63) is 131 Å². The summed E-state index contributed by atoms with van der Waals surface area (Å²) in [6, 6.07) is 31.7. The SMILES string of the molecule is N#CC(C#N)=C1c2cc(S(=O)(=O)c3ccccc3)ccc2-c2nc3c(nc21)C(=C(C#N)C#N)c1cc(S(=O)(=O)c2ccccc2)ccc1-3. The van der Waals surface area contributed by atoms with Gasteiger partial charge in [-0.25, -0.2) is 26.8 Å². The van der Waals surface area contributed by atoms with E-state index < -0.39 is 19.7 Å². The van der Waals surface area contributed by atoms with Crippen molar-refractivity contribution in [3.63, 3.8) is 0 Å². The van der Waals surface area contributed by atoms with Crippen molar-refractivity contribution in [2.45, 2.75) is 19.6 Å². The quantitative estimate of drug-likeness (QED) is 0.209. The molecule has 0 atom stereocenters. The first kappa shape index (κ1) is 30.0. The van der Waals surface area contributed by atoms with Crippen LogP contribution in [0.2, 0.25) is 0 Å². The average molecular weight is 661 g/mol. The molecule has 0 radical (unpaired) electrons. The third kappa shape index (κ3) is 4.34. The number of rotatable bonds is 4. The lowest BCUT2D eigenvalue weighted by atomic mass is 10.0. The summed E-state index contributed by atoms with van der Waals surface area (Å²) in [6.45, 7) is 0. The molecule has 0 unspecified atom stereocenters. The molecule has 48 heavy (non-hydrogen) atoms. The van der Waals surface area contributed by atoms with Crippen molar-refractivity contribution in [2.24, 2.45) is 0 Å². The van der Waals surface area contributed by atoms with Gasteiger partial charge >= 0.3 is 0 Å². The number of hydrogen-bond acceptors (Lipinski definition) is 10. The molecule has 0 saturated heterocycles. The first-order valence-electron chi connectivity index (χ1n) is 14.1. The second-order valence-corrected chi connectivity index (χ2v) is 14.5. The van der Waals surface area contributed by atoms with Gasteiger partial charge < -0.3 is 0 Å². The van der Waals surface area contributed by atoms with Crippen LogP contribution >= 0.6 is 0 Å². The van der Waals surface area contributed by atoms with Gasteiger partial charge in [-0.2, -0.15) is 21.0 Å². The first-order chi connectivity index (χ1) is 23.1. The van der Waals surface area contributed by atoms with Crippen LogP contribution in [0.1, 0.15) is 22.5 Å². The van der Waals surface area contributed by atoms with Crippen LogP contribution in [0.15, 0.2) is 128 Å². The lowest BCUT2D eigenvalue weighted by Crippen LogP contribution is -2.03. The molecule has 1 aromatic heterocycles. The fourth-order valence-electron chi connectivity index (χ4n) is 5.87. The van der Waals surface area contributed by atoms with Gasteiger partial charge in [0.25, 0.3) is 0 Å². The molecular weight excluding hydrogens is 645 g/mol. The molecule has 0 fully saturated rings. The van der Waals surface area contributed by atoms with E-state index in [0.29, 0.717) is 11.1 Å². The van der Waals surface area contributed by atoms with Crippen LogP contribution in [0.5, 0.6) is 0 Å². The van der Waals surface area contributed by atoms with Crippen LogP contribution in [0.4, 0.5) is 0 Å². The molecule has 0 bridgehead atoms. The van der Waals surface area contributed by atoms with E-state index in [2.05, 4.69) is 0 Å². The minimum absolute atomic E-state index is 0.0449. The Balaban J connectivity index is 1.48. The van der Waals surface area contributed by atoms with E-state index in [9.17, 15) is 37.9 Å². The van der Waals surface area contributed by atoms with E-state index in [1.807, 2.05) is 24.3 Å². The van der Waals surface area contributed by atoms with Crippen molar-refractivity contribution in [2.75, 3.05) is 0 Å². The predicted molar refractivity (Wildman–Crippen MR) is 171 cm³/mol. The number of aromatic nitrogens is 2. The average Bonchev–Trinajstić information content (AvgIpc) is 3.60. The van der Waals surface area contributed by atoms with Gasteiger partial charge in [0, 0.05) is 22.3 Å². The molecule has 4 aromatic carbocycles. The summed E-state index contributed by atoms with van der Waals surface area (Å²) in [4.78, 5) is 9.60. The number of hydrogen-bond donors (Lipinski definition) is 0. The molecule has 10 nitrogen and oxygen atoms in total. The number of benzene rings is 4. The van der Waals surface area contributed by atoms with Crippen LogP contribution in [0.3, 0.4) is 0 Å². The van der Waals surface area contributed by atoms with Gasteiger partial charge in [-0.1, -0.05) is 48.5 Å². The number of nitriles is 4.